The Morgan fingerprint density at radius 1 is 1.21 bits per heavy atom. The Balaban J connectivity index is 1.16. The number of nitrogens with zero attached hydrogens (tertiary/aromatic N) is 3. The lowest BCUT2D eigenvalue weighted by Crippen LogP contribution is -2.42. The molecule has 3 aromatic rings. The number of aromatic nitrogens is 3. The molecule has 1 aromatic heterocycles. The van der Waals surface area contributed by atoms with E-state index in [9.17, 15) is 4.79 Å². The van der Waals surface area contributed by atoms with Crippen LogP contribution < -0.4 is 16.0 Å². The molecule has 7 nitrogen and oxygen atoms in total. The quantitative estimate of drug-likeness (QED) is 0.472. The summed E-state index contributed by atoms with van der Waals surface area (Å²) in [7, 11) is 0. The van der Waals surface area contributed by atoms with Crippen LogP contribution in [-0.4, -0.2) is 40.2 Å². The van der Waals surface area contributed by atoms with Gasteiger partial charge in [0.05, 0.1) is 18.4 Å². The summed E-state index contributed by atoms with van der Waals surface area (Å²) >= 11 is 0. The van der Waals surface area contributed by atoms with Crippen molar-refractivity contribution in [3.8, 4) is 0 Å². The Bertz CT molecular complexity index is 1110. The molecule has 0 saturated carbocycles. The fraction of sp³-hybridized carbons (Fsp3) is 0.423. The van der Waals surface area contributed by atoms with Gasteiger partial charge in [-0.15, -0.1) is 5.10 Å². The molecule has 0 radical (unpaired) electrons. The smallest absolute Gasteiger partial charge is 0.251 e. The number of unbranched alkanes of at least 4 members (excludes halogenated alkanes) is 1. The Kier molecular flexibility index (Phi) is 6.13. The lowest BCUT2D eigenvalue weighted by molar-refractivity contribution is 0.0952. The third-order valence-electron chi connectivity index (χ3n) is 6.98. The van der Waals surface area contributed by atoms with Gasteiger partial charge < -0.3 is 10.6 Å². The molecule has 2 aromatic carbocycles. The van der Waals surface area contributed by atoms with Gasteiger partial charge in [0.25, 0.3) is 5.91 Å². The van der Waals surface area contributed by atoms with E-state index in [1.165, 1.54) is 29.7 Å². The molecule has 1 amide bonds. The first-order chi connectivity index (χ1) is 16.2. The van der Waals surface area contributed by atoms with Crippen LogP contribution in [0.2, 0.25) is 0 Å². The van der Waals surface area contributed by atoms with Crippen molar-refractivity contribution in [1.82, 2.24) is 25.6 Å². The molecule has 1 fully saturated rings. The van der Waals surface area contributed by atoms with Gasteiger partial charge in [-0.3, -0.25) is 14.8 Å². The summed E-state index contributed by atoms with van der Waals surface area (Å²) in [4.78, 5) is 12.5. The number of rotatable bonds is 9. The maximum atomic E-state index is 12.5. The third kappa shape index (κ3) is 4.37. The lowest BCUT2D eigenvalue weighted by atomic mass is 9.76. The van der Waals surface area contributed by atoms with Gasteiger partial charge in [0.1, 0.15) is 0 Å². The molecule has 0 unspecified atom stereocenters. The molecule has 1 saturated heterocycles. The van der Waals surface area contributed by atoms with E-state index in [0.29, 0.717) is 18.7 Å². The molecular weight excluding hydrogens is 412 g/mol. The van der Waals surface area contributed by atoms with E-state index in [0.717, 1.165) is 31.5 Å². The fourth-order valence-corrected chi connectivity index (χ4v) is 5.18. The summed E-state index contributed by atoms with van der Waals surface area (Å²) in [5, 5.41) is 19.0. The average molecular weight is 445 g/mol. The van der Waals surface area contributed by atoms with Gasteiger partial charge in [-0.2, -0.15) is 0 Å². The fourth-order valence-electron chi connectivity index (χ4n) is 5.18. The van der Waals surface area contributed by atoms with Crippen LogP contribution in [0.4, 0.5) is 5.69 Å². The number of hydrogen-bond acceptors (Lipinski definition) is 5. The molecular formula is C26H32N6O. The zero-order valence-corrected chi connectivity index (χ0v) is 19.2. The lowest BCUT2D eigenvalue weighted by Gasteiger charge is -2.28. The summed E-state index contributed by atoms with van der Waals surface area (Å²) in [6.07, 6.45) is 7.56. The minimum atomic E-state index is -0.0511. The number of nitrogens with one attached hydrogen (secondary N) is 3. The Labute approximate surface area is 195 Å². The van der Waals surface area contributed by atoms with Crippen LogP contribution in [0.1, 0.15) is 53.4 Å². The normalized spacial score (nSPS) is 20.8. The maximum Gasteiger partial charge on any atom is 0.251 e. The second-order valence-corrected chi connectivity index (χ2v) is 9.19. The molecule has 0 spiro atoms. The number of para-hydroxylation sites is 1. The molecule has 2 atom stereocenters. The molecule has 7 heteroatoms. The van der Waals surface area contributed by atoms with E-state index in [4.69, 9.17) is 0 Å². The molecule has 3 N–H and O–H groups in total. The van der Waals surface area contributed by atoms with Crippen LogP contribution in [-0.2, 0) is 24.8 Å². The first-order valence-corrected chi connectivity index (χ1v) is 12.0. The van der Waals surface area contributed by atoms with Crippen LogP contribution in [0.25, 0.3) is 0 Å². The number of fused-ring (bicyclic) bond motifs is 3. The number of hydrogen-bond donors (Lipinski definition) is 3. The van der Waals surface area contributed by atoms with Crippen LogP contribution in [0.5, 0.6) is 0 Å². The SMILES string of the molecule is CCCCc1ccc(C(=O)NCCn2cc(C[C@@]34CCN[C@@H]3Nc3ccccc34)nn2)cc1. The number of benzene rings is 2. The summed E-state index contributed by atoms with van der Waals surface area (Å²) < 4.78 is 1.83. The van der Waals surface area contributed by atoms with Crippen molar-refractivity contribution in [2.45, 2.75) is 57.2 Å². The highest BCUT2D eigenvalue weighted by Crippen LogP contribution is 2.47. The molecule has 33 heavy (non-hydrogen) atoms. The van der Waals surface area contributed by atoms with Gasteiger partial charge in [0.2, 0.25) is 0 Å². The Morgan fingerprint density at radius 2 is 2.06 bits per heavy atom. The van der Waals surface area contributed by atoms with Crippen LogP contribution in [0.15, 0.2) is 54.7 Å². The number of carbonyl (C=O) groups is 1. The van der Waals surface area contributed by atoms with Gasteiger partial charge in [-0.05, 0) is 55.1 Å². The minimum Gasteiger partial charge on any atom is -0.369 e. The second kappa shape index (κ2) is 9.35. The van der Waals surface area contributed by atoms with E-state index < -0.39 is 0 Å². The molecule has 2 aliphatic rings. The molecule has 5 rings (SSSR count). The van der Waals surface area contributed by atoms with Gasteiger partial charge in [0, 0.05) is 35.8 Å². The third-order valence-corrected chi connectivity index (χ3v) is 6.98. The van der Waals surface area contributed by atoms with Crippen molar-refractivity contribution >= 4 is 11.6 Å². The van der Waals surface area contributed by atoms with E-state index in [-0.39, 0.29) is 17.5 Å². The average Bonchev–Trinajstić information content (AvgIpc) is 3.52. The zero-order valence-electron chi connectivity index (χ0n) is 19.2. The van der Waals surface area contributed by atoms with Crippen molar-refractivity contribution in [3.63, 3.8) is 0 Å². The Morgan fingerprint density at radius 3 is 2.91 bits per heavy atom. The number of carbonyl (C=O) groups excluding carboxylic acids is 1. The van der Waals surface area contributed by atoms with Gasteiger partial charge >= 0.3 is 0 Å². The maximum absolute atomic E-state index is 12.5. The summed E-state index contributed by atoms with van der Waals surface area (Å²) in [5.41, 5.74) is 5.54. The highest BCUT2D eigenvalue weighted by Gasteiger charge is 2.50. The summed E-state index contributed by atoms with van der Waals surface area (Å²) in [6, 6.07) is 16.5. The van der Waals surface area contributed by atoms with Crippen molar-refractivity contribution in [1.29, 1.82) is 0 Å². The van der Waals surface area contributed by atoms with E-state index in [1.54, 1.807) is 0 Å². The van der Waals surface area contributed by atoms with E-state index in [1.807, 2.05) is 23.0 Å². The first kappa shape index (κ1) is 21.6. The van der Waals surface area contributed by atoms with Gasteiger partial charge in [0.15, 0.2) is 0 Å². The van der Waals surface area contributed by atoms with Crippen molar-refractivity contribution in [2.24, 2.45) is 0 Å². The van der Waals surface area contributed by atoms with E-state index >= 15 is 0 Å². The molecule has 2 aliphatic heterocycles. The Hall–Kier alpha value is -3.19. The monoisotopic (exact) mass is 444 g/mol. The standard InChI is InChI=1S/C26H32N6O/c1-2-3-6-19-9-11-20(12-10-19)24(33)27-15-16-32-18-21(30-31-32)17-26-13-14-28-25(26)29-23-8-5-4-7-22(23)26/h4-5,7-12,18,25,28-29H,2-3,6,13-17H2,1H3,(H,27,33)/t25-,26-/m1/s1. The highest BCUT2D eigenvalue weighted by molar-refractivity contribution is 5.94. The largest absolute Gasteiger partial charge is 0.369 e. The van der Waals surface area contributed by atoms with Crippen molar-refractivity contribution in [2.75, 3.05) is 18.4 Å². The summed E-state index contributed by atoms with van der Waals surface area (Å²) in [6.45, 7) is 4.29. The number of aryl methyl sites for hydroxylation is 1. The topological polar surface area (TPSA) is 83.9 Å². The predicted octanol–water partition coefficient (Wildman–Crippen LogP) is 3.28. The number of amides is 1. The summed E-state index contributed by atoms with van der Waals surface area (Å²) in [5.74, 6) is -0.0511. The van der Waals surface area contributed by atoms with Crippen LogP contribution in [0, 0.1) is 0 Å². The van der Waals surface area contributed by atoms with Gasteiger partial charge in [-0.1, -0.05) is 48.9 Å². The highest BCUT2D eigenvalue weighted by atomic mass is 16.1. The zero-order chi connectivity index (χ0) is 22.7. The molecule has 172 valence electrons. The van der Waals surface area contributed by atoms with Crippen LogP contribution >= 0.6 is 0 Å². The molecule has 3 heterocycles. The first-order valence-electron chi connectivity index (χ1n) is 12.0. The van der Waals surface area contributed by atoms with Crippen LogP contribution in [0.3, 0.4) is 0 Å². The van der Waals surface area contributed by atoms with Gasteiger partial charge in [-0.25, -0.2) is 0 Å². The second-order valence-electron chi connectivity index (χ2n) is 9.19. The predicted molar refractivity (Wildman–Crippen MR) is 129 cm³/mol. The number of anilines is 1. The van der Waals surface area contributed by atoms with Crippen molar-refractivity contribution in [3.05, 3.63) is 77.1 Å². The van der Waals surface area contributed by atoms with Crippen molar-refractivity contribution < 1.29 is 4.79 Å². The molecule has 0 bridgehead atoms. The molecule has 0 aliphatic carbocycles. The van der Waals surface area contributed by atoms with E-state index in [2.05, 4.69) is 69.6 Å². The minimum absolute atomic E-state index is 0.00889.